The SMILES string of the molecule is COc1ccc(CC(=O)Nc2ccc(C(=O)N(CC(=O)O)Cc3ccc(Oc4cccc(OCC(C)C)c4)cc3)cc2)c(C(F)(F)F)c1. The zero-order chi connectivity index (χ0) is 34.8. The van der Waals surface area contributed by atoms with E-state index in [2.05, 4.69) is 19.2 Å². The normalized spacial score (nSPS) is 11.1. The van der Waals surface area contributed by atoms with Crippen molar-refractivity contribution in [3.63, 3.8) is 0 Å². The Morgan fingerprint density at radius 3 is 2.15 bits per heavy atom. The van der Waals surface area contributed by atoms with Crippen LogP contribution in [0.15, 0.2) is 91.0 Å². The number of nitrogens with one attached hydrogen (secondary N) is 1. The summed E-state index contributed by atoms with van der Waals surface area (Å²) in [6.07, 6.45) is -5.23. The zero-order valence-corrected chi connectivity index (χ0v) is 26.5. The predicted octanol–water partition coefficient (Wildman–Crippen LogP) is 7.45. The minimum absolute atomic E-state index is 0.00811. The van der Waals surface area contributed by atoms with Gasteiger partial charge in [-0.3, -0.25) is 14.4 Å². The molecule has 0 aliphatic rings. The van der Waals surface area contributed by atoms with Crippen LogP contribution < -0.4 is 19.5 Å². The molecule has 48 heavy (non-hydrogen) atoms. The van der Waals surface area contributed by atoms with E-state index in [1.807, 2.05) is 12.1 Å². The first-order valence-electron chi connectivity index (χ1n) is 15.0. The van der Waals surface area contributed by atoms with Crippen molar-refractivity contribution < 1.29 is 46.9 Å². The quantitative estimate of drug-likeness (QED) is 0.144. The summed E-state index contributed by atoms with van der Waals surface area (Å²) in [5.74, 6) is -0.279. The Balaban J connectivity index is 1.39. The Labute approximate surface area is 275 Å². The molecule has 0 aliphatic heterocycles. The molecule has 0 aromatic heterocycles. The number of halogens is 3. The van der Waals surface area contributed by atoms with E-state index in [0.717, 1.165) is 11.0 Å². The van der Waals surface area contributed by atoms with Gasteiger partial charge >= 0.3 is 12.1 Å². The predicted molar refractivity (Wildman–Crippen MR) is 172 cm³/mol. The van der Waals surface area contributed by atoms with Crippen LogP contribution in [-0.4, -0.2) is 48.1 Å². The number of benzene rings is 4. The molecule has 9 nitrogen and oxygen atoms in total. The number of carboxylic acid groups (broad SMARTS) is 1. The first-order valence-corrected chi connectivity index (χ1v) is 15.0. The summed E-state index contributed by atoms with van der Waals surface area (Å²) in [4.78, 5) is 38.7. The summed E-state index contributed by atoms with van der Waals surface area (Å²) in [5.41, 5.74) is -0.139. The van der Waals surface area contributed by atoms with Gasteiger partial charge in [0.25, 0.3) is 5.91 Å². The van der Waals surface area contributed by atoms with Gasteiger partial charge < -0.3 is 29.5 Å². The maximum Gasteiger partial charge on any atom is 0.416 e. The summed E-state index contributed by atoms with van der Waals surface area (Å²) in [5, 5.41) is 12.0. The Kier molecular flexibility index (Phi) is 11.7. The molecular weight excluding hydrogens is 629 g/mol. The van der Waals surface area contributed by atoms with Crippen LogP contribution in [0.25, 0.3) is 0 Å². The van der Waals surface area contributed by atoms with Crippen molar-refractivity contribution in [2.24, 2.45) is 5.92 Å². The number of carboxylic acids is 1. The third kappa shape index (κ3) is 10.2. The Hall–Kier alpha value is -5.52. The number of aliphatic carboxylic acids is 1. The molecular formula is C36H35F3N2O7. The van der Waals surface area contributed by atoms with Gasteiger partial charge in [-0.25, -0.2) is 0 Å². The van der Waals surface area contributed by atoms with Gasteiger partial charge in [0.15, 0.2) is 0 Å². The fourth-order valence-corrected chi connectivity index (χ4v) is 4.63. The van der Waals surface area contributed by atoms with Gasteiger partial charge in [0, 0.05) is 23.9 Å². The van der Waals surface area contributed by atoms with E-state index >= 15 is 0 Å². The molecule has 0 fully saturated rings. The van der Waals surface area contributed by atoms with Gasteiger partial charge in [-0.15, -0.1) is 0 Å². The number of methoxy groups -OCH3 is 1. The topological polar surface area (TPSA) is 114 Å². The van der Waals surface area contributed by atoms with Crippen molar-refractivity contribution in [3.05, 3.63) is 113 Å². The lowest BCUT2D eigenvalue weighted by Crippen LogP contribution is -2.35. The second-order valence-corrected chi connectivity index (χ2v) is 11.3. The second-order valence-electron chi connectivity index (χ2n) is 11.3. The van der Waals surface area contributed by atoms with Gasteiger partial charge in [-0.05, 0) is 77.7 Å². The number of alkyl halides is 3. The minimum Gasteiger partial charge on any atom is -0.497 e. The van der Waals surface area contributed by atoms with Crippen molar-refractivity contribution in [3.8, 4) is 23.0 Å². The number of carbonyl (C=O) groups is 3. The first-order chi connectivity index (χ1) is 22.8. The summed E-state index contributed by atoms with van der Waals surface area (Å²) in [6.45, 7) is 4.11. The molecule has 0 unspecified atom stereocenters. The fourth-order valence-electron chi connectivity index (χ4n) is 4.63. The van der Waals surface area contributed by atoms with Gasteiger partial charge in [0.2, 0.25) is 5.91 Å². The van der Waals surface area contributed by atoms with Crippen LogP contribution >= 0.6 is 0 Å². The third-order valence-corrected chi connectivity index (χ3v) is 6.92. The number of nitrogens with zero attached hydrogens (tertiary/aromatic N) is 1. The summed E-state index contributed by atoms with van der Waals surface area (Å²) in [7, 11) is 1.25. The molecule has 2 N–H and O–H groups in total. The molecule has 0 atom stereocenters. The van der Waals surface area contributed by atoms with Crippen LogP contribution in [0, 0.1) is 5.92 Å². The maximum atomic E-state index is 13.5. The van der Waals surface area contributed by atoms with E-state index in [9.17, 15) is 32.7 Å². The lowest BCUT2D eigenvalue weighted by Gasteiger charge is -2.21. The third-order valence-electron chi connectivity index (χ3n) is 6.92. The number of ether oxygens (including phenoxy) is 3. The average molecular weight is 665 g/mol. The highest BCUT2D eigenvalue weighted by Crippen LogP contribution is 2.35. The molecule has 4 aromatic carbocycles. The van der Waals surface area contributed by atoms with Crippen LogP contribution in [0.1, 0.15) is 40.9 Å². The molecule has 0 radical (unpaired) electrons. The standard InChI is InChI=1S/C36H35F3N2O7/c1-23(2)22-47-30-5-4-6-31(18-30)48-28-14-7-24(8-15-28)20-41(21-34(43)44)35(45)25-9-12-27(13-10-25)40-33(42)17-26-11-16-29(46-3)19-32(26)36(37,38)39/h4-16,18-19,23H,17,20-22H2,1-3H3,(H,40,42)(H,43,44). The van der Waals surface area contributed by atoms with E-state index in [-0.39, 0.29) is 29.1 Å². The van der Waals surface area contributed by atoms with Gasteiger partial charge in [-0.1, -0.05) is 38.1 Å². The molecule has 0 saturated heterocycles. The lowest BCUT2D eigenvalue weighted by molar-refractivity contribution is -0.139. The minimum atomic E-state index is -4.68. The smallest absolute Gasteiger partial charge is 0.416 e. The molecule has 252 valence electrons. The number of rotatable bonds is 14. The zero-order valence-electron chi connectivity index (χ0n) is 26.5. The largest absolute Gasteiger partial charge is 0.497 e. The first kappa shape index (κ1) is 35.3. The molecule has 0 heterocycles. The van der Waals surface area contributed by atoms with Crippen LogP contribution in [0.5, 0.6) is 23.0 Å². The van der Waals surface area contributed by atoms with Crippen molar-refractivity contribution >= 4 is 23.5 Å². The molecule has 0 spiro atoms. The van der Waals surface area contributed by atoms with Crippen molar-refractivity contribution in [2.45, 2.75) is 33.0 Å². The van der Waals surface area contributed by atoms with Crippen molar-refractivity contribution in [2.75, 3.05) is 25.6 Å². The number of hydrogen-bond donors (Lipinski definition) is 2. The van der Waals surface area contributed by atoms with Crippen LogP contribution in [0.4, 0.5) is 18.9 Å². The van der Waals surface area contributed by atoms with E-state index < -0.39 is 42.5 Å². The lowest BCUT2D eigenvalue weighted by atomic mass is 10.0. The van der Waals surface area contributed by atoms with Gasteiger partial charge in [0.05, 0.1) is 25.7 Å². The van der Waals surface area contributed by atoms with Gasteiger partial charge in [0.1, 0.15) is 29.5 Å². The molecule has 4 rings (SSSR count). The number of amides is 2. The molecule has 2 amide bonds. The molecule has 0 bridgehead atoms. The Morgan fingerprint density at radius 2 is 1.52 bits per heavy atom. The number of carbonyl (C=O) groups excluding carboxylic acids is 2. The van der Waals surface area contributed by atoms with Gasteiger partial charge in [-0.2, -0.15) is 13.2 Å². The molecule has 0 aliphatic carbocycles. The van der Waals surface area contributed by atoms with E-state index in [1.165, 1.54) is 43.5 Å². The second kappa shape index (κ2) is 15.9. The number of anilines is 1. The van der Waals surface area contributed by atoms with E-state index in [0.29, 0.717) is 35.3 Å². The number of hydrogen-bond acceptors (Lipinski definition) is 6. The fraction of sp³-hybridized carbons (Fsp3) is 0.250. The van der Waals surface area contributed by atoms with Crippen LogP contribution in [0.2, 0.25) is 0 Å². The van der Waals surface area contributed by atoms with E-state index in [4.69, 9.17) is 14.2 Å². The highest BCUT2D eigenvalue weighted by Gasteiger charge is 2.34. The molecule has 0 saturated carbocycles. The molecule has 4 aromatic rings. The monoisotopic (exact) mass is 664 g/mol. The highest BCUT2D eigenvalue weighted by atomic mass is 19.4. The highest BCUT2D eigenvalue weighted by molar-refractivity contribution is 5.97. The van der Waals surface area contributed by atoms with E-state index in [1.54, 1.807) is 36.4 Å². The van der Waals surface area contributed by atoms with Crippen LogP contribution in [-0.2, 0) is 28.7 Å². The molecule has 12 heteroatoms. The summed E-state index contributed by atoms with van der Waals surface area (Å²) in [6, 6.07) is 23.1. The summed E-state index contributed by atoms with van der Waals surface area (Å²) < 4.78 is 57.1. The Bertz CT molecular complexity index is 1720. The Morgan fingerprint density at radius 1 is 0.854 bits per heavy atom. The maximum absolute atomic E-state index is 13.5. The van der Waals surface area contributed by atoms with Crippen molar-refractivity contribution in [1.29, 1.82) is 0 Å². The summed E-state index contributed by atoms with van der Waals surface area (Å²) >= 11 is 0. The average Bonchev–Trinajstić information content (AvgIpc) is 3.04. The van der Waals surface area contributed by atoms with Crippen molar-refractivity contribution in [1.82, 2.24) is 4.90 Å². The van der Waals surface area contributed by atoms with Crippen LogP contribution in [0.3, 0.4) is 0 Å².